The molecule has 1 aromatic carbocycles. The normalized spacial score (nSPS) is 15.4. The number of rotatable bonds is 5. The van der Waals surface area contributed by atoms with Crippen molar-refractivity contribution in [2.24, 2.45) is 0 Å². The molecule has 0 amide bonds. The van der Waals surface area contributed by atoms with Crippen LogP contribution in [0.4, 0.5) is 11.5 Å². The number of aromatic nitrogens is 2. The fourth-order valence-electron chi connectivity index (χ4n) is 3.97. The van der Waals surface area contributed by atoms with Crippen molar-refractivity contribution in [1.29, 1.82) is 0 Å². The van der Waals surface area contributed by atoms with Gasteiger partial charge in [0.15, 0.2) is 0 Å². The van der Waals surface area contributed by atoms with E-state index < -0.39 is 0 Å². The molecule has 26 heavy (non-hydrogen) atoms. The van der Waals surface area contributed by atoms with Crippen molar-refractivity contribution in [2.45, 2.75) is 44.7 Å². The summed E-state index contributed by atoms with van der Waals surface area (Å²) in [6, 6.07) is 11.5. The highest BCUT2D eigenvalue weighted by Crippen LogP contribution is 2.32. The zero-order chi connectivity index (χ0) is 17.9. The highest BCUT2D eigenvalue weighted by Gasteiger charge is 2.13. The van der Waals surface area contributed by atoms with Gasteiger partial charge in [-0.2, -0.15) is 0 Å². The van der Waals surface area contributed by atoms with E-state index in [1.807, 2.05) is 13.1 Å². The van der Waals surface area contributed by atoms with Gasteiger partial charge in [0, 0.05) is 48.0 Å². The zero-order valence-electron chi connectivity index (χ0n) is 15.3. The Labute approximate surface area is 154 Å². The van der Waals surface area contributed by atoms with Gasteiger partial charge in [-0.05, 0) is 42.7 Å². The third-order valence-electron chi connectivity index (χ3n) is 5.41. The first kappa shape index (κ1) is 16.9. The van der Waals surface area contributed by atoms with E-state index in [1.165, 1.54) is 43.1 Å². The number of H-pyrrole nitrogens is 1. The number of aromatic amines is 1. The second-order valence-electron chi connectivity index (χ2n) is 7.19. The van der Waals surface area contributed by atoms with Gasteiger partial charge in [-0.1, -0.05) is 25.3 Å². The Balaban J connectivity index is 1.57. The van der Waals surface area contributed by atoms with Crippen molar-refractivity contribution in [3.8, 4) is 11.3 Å². The number of hydrogen-bond donors (Lipinski definition) is 4. The van der Waals surface area contributed by atoms with Gasteiger partial charge in [0.1, 0.15) is 5.82 Å². The molecule has 3 aromatic rings. The molecule has 0 bridgehead atoms. The van der Waals surface area contributed by atoms with E-state index in [4.69, 9.17) is 5.73 Å². The molecule has 4 rings (SSSR count). The lowest BCUT2D eigenvalue weighted by molar-refractivity contribution is 0.372. The third-order valence-corrected chi connectivity index (χ3v) is 5.41. The van der Waals surface area contributed by atoms with E-state index in [2.05, 4.69) is 44.9 Å². The van der Waals surface area contributed by atoms with Crippen molar-refractivity contribution in [3.05, 3.63) is 42.1 Å². The van der Waals surface area contributed by atoms with Crippen molar-refractivity contribution in [1.82, 2.24) is 15.3 Å². The molecule has 5 nitrogen and oxygen atoms in total. The number of nitrogens with zero attached hydrogens (tertiary/aromatic N) is 1. The van der Waals surface area contributed by atoms with Crippen LogP contribution in [0.5, 0.6) is 0 Å². The quantitative estimate of drug-likeness (QED) is 0.554. The lowest BCUT2D eigenvalue weighted by Gasteiger charge is -2.22. The highest BCUT2D eigenvalue weighted by atomic mass is 14.9. The Morgan fingerprint density at radius 2 is 2.00 bits per heavy atom. The topological polar surface area (TPSA) is 78.8 Å². The van der Waals surface area contributed by atoms with E-state index >= 15 is 0 Å². The number of pyridine rings is 1. The Morgan fingerprint density at radius 3 is 2.81 bits per heavy atom. The summed E-state index contributed by atoms with van der Waals surface area (Å²) in [5, 5.41) is 8.10. The average Bonchev–Trinajstić information content (AvgIpc) is 3.10. The Kier molecular flexibility index (Phi) is 4.80. The SMILES string of the molecule is CNc1c(-c2cc3cc(CNC4CCCCC4)ccc3[nH]2)ccnc1N. The summed E-state index contributed by atoms with van der Waals surface area (Å²) in [7, 11) is 1.87. The van der Waals surface area contributed by atoms with Crippen LogP contribution >= 0.6 is 0 Å². The molecule has 0 spiro atoms. The molecule has 1 aliphatic carbocycles. The fraction of sp³-hybridized carbons (Fsp3) is 0.381. The second kappa shape index (κ2) is 7.38. The molecule has 5 heteroatoms. The maximum absolute atomic E-state index is 6.00. The lowest BCUT2D eigenvalue weighted by atomic mass is 9.95. The summed E-state index contributed by atoms with van der Waals surface area (Å²) in [5.74, 6) is 0.515. The second-order valence-corrected chi connectivity index (χ2v) is 7.19. The van der Waals surface area contributed by atoms with Crippen molar-refractivity contribution < 1.29 is 0 Å². The van der Waals surface area contributed by atoms with Gasteiger partial charge in [0.05, 0.1) is 5.69 Å². The molecule has 2 heterocycles. The summed E-state index contributed by atoms with van der Waals surface area (Å²) < 4.78 is 0. The molecule has 1 aliphatic rings. The lowest BCUT2D eigenvalue weighted by Crippen LogP contribution is -2.30. The Morgan fingerprint density at radius 1 is 1.15 bits per heavy atom. The van der Waals surface area contributed by atoms with Crippen molar-refractivity contribution in [2.75, 3.05) is 18.1 Å². The van der Waals surface area contributed by atoms with Crippen LogP contribution in [0.15, 0.2) is 36.5 Å². The molecule has 1 fully saturated rings. The van der Waals surface area contributed by atoms with Crippen LogP contribution in [-0.4, -0.2) is 23.1 Å². The van der Waals surface area contributed by atoms with Gasteiger partial charge < -0.3 is 21.4 Å². The minimum absolute atomic E-state index is 0.515. The summed E-state index contributed by atoms with van der Waals surface area (Å²) in [5.41, 5.74) is 11.4. The van der Waals surface area contributed by atoms with Gasteiger partial charge in [-0.15, -0.1) is 0 Å². The van der Waals surface area contributed by atoms with Crippen LogP contribution in [0.1, 0.15) is 37.7 Å². The molecule has 0 radical (unpaired) electrons. The standard InChI is InChI=1S/C21H27N5/c1-23-20-17(9-10-24-21(20)22)19-12-15-11-14(7-8-18(15)26-19)13-25-16-5-3-2-4-6-16/h7-12,16,23,25-26H,2-6,13H2,1H3,(H2,22,24). The predicted octanol–water partition coefficient (Wildman–Crippen LogP) is 4.28. The van der Waals surface area contributed by atoms with Crippen LogP contribution in [-0.2, 0) is 6.54 Å². The Hall–Kier alpha value is -2.53. The van der Waals surface area contributed by atoms with Crippen LogP contribution < -0.4 is 16.4 Å². The van der Waals surface area contributed by atoms with Crippen LogP contribution in [0.3, 0.4) is 0 Å². The summed E-state index contributed by atoms with van der Waals surface area (Å²) in [6.45, 7) is 0.936. The molecule has 136 valence electrons. The van der Waals surface area contributed by atoms with E-state index in [0.29, 0.717) is 11.9 Å². The number of fused-ring (bicyclic) bond motifs is 1. The first-order chi connectivity index (χ1) is 12.7. The zero-order valence-corrected chi connectivity index (χ0v) is 15.3. The van der Waals surface area contributed by atoms with Crippen molar-refractivity contribution >= 4 is 22.4 Å². The Bertz CT molecular complexity index is 893. The summed E-state index contributed by atoms with van der Waals surface area (Å²) in [6.07, 6.45) is 8.49. The number of nitrogens with one attached hydrogen (secondary N) is 3. The molecule has 1 saturated carbocycles. The van der Waals surface area contributed by atoms with Gasteiger partial charge >= 0.3 is 0 Å². The summed E-state index contributed by atoms with van der Waals surface area (Å²) in [4.78, 5) is 7.67. The maximum atomic E-state index is 6.00. The molecular weight excluding hydrogens is 322 g/mol. The highest BCUT2D eigenvalue weighted by molar-refractivity contribution is 5.91. The average molecular weight is 349 g/mol. The van der Waals surface area contributed by atoms with E-state index in [0.717, 1.165) is 29.0 Å². The molecule has 0 saturated heterocycles. The molecule has 5 N–H and O–H groups in total. The minimum Gasteiger partial charge on any atom is -0.385 e. The number of anilines is 2. The molecule has 0 atom stereocenters. The predicted molar refractivity (Wildman–Crippen MR) is 109 cm³/mol. The molecule has 0 aliphatic heterocycles. The van der Waals surface area contributed by atoms with Crippen LogP contribution in [0.2, 0.25) is 0 Å². The van der Waals surface area contributed by atoms with Crippen LogP contribution in [0, 0.1) is 0 Å². The number of benzene rings is 1. The van der Waals surface area contributed by atoms with Gasteiger partial charge in [0.2, 0.25) is 0 Å². The van der Waals surface area contributed by atoms with E-state index in [1.54, 1.807) is 6.20 Å². The molecule has 2 aromatic heterocycles. The smallest absolute Gasteiger partial charge is 0.147 e. The van der Waals surface area contributed by atoms with Gasteiger partial charge in [0.25, 0.3) is 0 Å². The monoisotopic (exact) mass is 349 g/mol. The largest absolute Gasteiger partial charge is 0.385 e. The first-order valence-corrected chi connectivity index (χ1v) is 9.52. The minimum atomic E-state index is 0.515. The summed E-state index contributed by atoms with van der Waals surface area (Å²) >= 11 is 0. The number of hydrogen-bond acceptors (Lipinski definition) is 4. The fourth-order valence-corrected chi connectivity index (χ4v) is 3.97. The van der Waals surface area contributed by atoms with E-state index in [-0.39, 0.29) is 0 Å². The van der Waals surface area contributed by atoms with Crippen LogP contribution in [0.25, 0.3) is 22.2 Å². The number of nitrogen functional groups attached to an aromatic ring is 1. The first-order valence-electron chi connectivity index (χ1n) is 9.52. The molecule has 0 unspecified atom stereocenters. The van der Waals surface area contributed by atoms with Gasteiger partial charge in [-0.25, -0.2) is 4.98 Å². The number of nitrogens with two attached hydrogens (primary N) is 1. The molecular formula is C21H27N5. The van der Waals surface area contributed by atoms with E-state index in [9.17, 15) is 0 Å². The third kappa shape index (κ3) is 3.40. The maximum Gasteiger partial charge on any atom is 0.147 e. The van der Waals surface area contributed by atoms with Crippen molar-refractivity contribution in [3.63, 3.8) is 0 Å². The van der Waals surface area contributed by atoms with Gasteiger partial charge in [-0.3, -0.25) is 0 Å².